The number of amides is 1. The molecule has 0 spiro atoms. The van der Waals surface area contributed by atoms with Crippen molar-refractivity contribution in [1.29, 1.82) is 0 Å². The average Bonchev–Trinajstić information content (AvgIpc) is 2.61. The predicted octanol–water partition coefficient (Wildman–Crippen LogP) is 2.54. The minimum atomic E-state index is -3.79. The van der Waals surface area contributed by atoms with Gasteiger partial charge in [-0.25, -0.2) is 8.42 Å². The number of hydrogen-bond acceptors (Lipinski definition) is 4. The second-order valence-electron chi connectivity index (χ2n) is 7.01. The number of carbonyl (C=O) groups excluding carboxylic acids is 1. The molecule has 1 fully saturated rings. The lowest BCUT2D eigenvalue weighted by atomic mass is 10.1. The van der Waals surface area contributed by atoms with Gasteiger partial charge in [0, 0.05) is 36.9 Å². The summed E-state index contributed by atoms with van der Waals surface area (Å²) in [6, 6.07) is 12.1. The summed E-state index contributed by atoms with van der Waals surface area (Å²) in [5.41, 5.74) is 2.45. The van der Waals surface area contributed by atoms with E-state index in [0.717, 1.165) is 18.7 Å². The van der Waals surface area contributed by atoms with Gasteiger partial charge in [-0.1, -0.05) is 18.2 Å². The number of aryl methyl sites for hydroxylation is 2. The molecule has 1 atom stereocenters. The first kappa shape index (κ1) is 19.4. The van der Waals surface area contributed by atoms with Crippen LogP contribution in [0.15, 0.2) is 47.4 Å². The maximum atomic E-state index is 12.9. The molecule has 144 valence electrons. The molecule has 2 N–H and O–H groups in total. The fraction of sp³-hybridized carbons (Fsp3) is 0.350. The molecule has 1 heterocycles. The van der Waals surface area contributed by atoms with Gasteiger partial charge in [0.2, 0.25) is 0 Å². The molecular formula is C20H25N3O3S. The molecule has 1 amide bonds. The van der Waals surface area contributed by atoms with E-state index in [9.17, 15) is 13.2 Å². The van der Waals surface area contributed by atoms with E-state index in [2.05, 4.69) is 10.0 Å². The number of piperazine rings is 1. The van der Waals surface area contributed by atoms with E-state index >= 15 is 0 Å². The highest BCUT2D eigenvalue weighted by atomic mass is 32.2. The third-order valence-corrected chi connectivity index (χ3v) is 6.28. The second-order valence-corrected chi connectivity index (χ2v) is 8.66. The van der Waals surface area contributed by atoms with Gasteiger partial charge in [-0.15, -0.1) is 0 Å². The van der Waals surface area contributed by atoms with Crippen molar-refractivity contribution >= 4 is 21.6 Å². The topological polar surface area (TPSA) is 78.5 Å². The zero-order valence-electron chi connectivity index (χ0n) is 15.8. The molecule has 1 aliphatic rings. The number of carbonyl (C=O) groups is 1. The van der Waals surface area contributed by atoms with E-state index in [0.29, 0.717) is 23.4 Å². The Morgan fingerprint density at radius 1 is 1.19 bits per heavy atom. The zero-order valence-corrected chi connectivity index (χ0v) is 16.6. The summed E-state index contributed by atoms with van der Waals surface area (Å²) in [6.45, 7) is 7.69. The van der Waals surface area contributed by atoms with Crippen molar-refractivity contribution in [1.82, 2.24) is 10.2 Å². The molecule has 0 radical (unpaired) electrons. The van der Waals surface area contributed by atoms with E-state index in [1.54, 1.807) is 42.2 Å². The van der Waals surface area contributed by atoms with Crippen LogP contribution in [-0.4, -0.2) is 44.9 Å². The Morgan fingerprint density at radius 2 is 1.96 bits per heavy atom. The molecule has 0 unspecified atom stereocenters. The number of anilines is 1. The van der Waals surface area contributed by atoms with Gasteiger partial charge in [-0.3, -0.25) is 9.52 Å². The predicted molar refractivity (Wildman–Crippen MR) is 107 cm³/mol. The summed E-state index contributed by atoms with van der Waals surface area (Å²) in [5.74, 6) is -0.143. The van der Waals surface area contributed by atoms with Gasteiger partial charge in [-0.2, -0.15) is 0 Å². The van der Waals surface area contributed by atoms with Gasteiger partial charge in [-0.05, 0) is 56.2 Å². The third-order valence-electron chi connectivity index (χ3n) is 4.76. The molecule has 0 aromatic heterocycles. The van der Waals surface area contributed by atoms with Gasteiger partial charge < -0.3 is 10.2 Å². The van der Waals surface area contributed by atoms with Crippen LogP contribution in [-0.2, 0) is 10.0 Å². The highest BCUT2D eigenvalue weighted by Gasteiger charge is 2.26. The Morgan fingerprint density at radius 3 is 2.67 bits per heavy atom. The SMILES string of the molecule is Cc1cccc(NS(=O)(=O)c2cc(C(=O)N3CCNC[C@@H]3C)ccc2C)c1. The Labute approximate surface area is 160 Å². The minimum absolute atomic E-state index is 0.0676. The molecule has 0 saturated carbocycles. The first-order chi connectivity index (χ1) is 12.8. The second kappa shape index (κ2) is 7.70. The molecule has 7 heteroatoms. The Kier molecular flexibility index (Phi) is 5.53. The molecule has 0 bridgehead atoms. The van der Waals surface area contributed by atoms with E-state index in [-0.39, 0.29) is 16.8 Å². The van der Waals surface area contributed by atoms with Crippen molar-refractivity contribution in [3.8, 4) is 0 Å². The number of nitrogens with one attached hydrogen (secondary N) is 2. The number of benzene rings is 2. The Balaban J connectivity index is 1.91. The molecule has 1 saturated heterocycles. The number of nitrogens with zero attached hydrogens (tertiary/aromatic N) is 1. The smallest absolute Gasteiger partial charge is 0.262 e. The highest BCUT2D eigenvalue weighted by Crippen LogP contribution is 2.22. The van der Waals surface area contributed by atoms with Crippen molar-refractivity contribution < 1.29 is 13.2 Å². The summed E-state index contributed by atoms with van der Waals surface area (Å²) in [6.07, 6.45) is 0. The van der Waals surface area contributed by atoms with Crippen LogP contribution < -0.4 is 10.0 Å². The lowest BCUT2D eigenvalue weighted by Crippen LogP contribution is -2.52. The normalized spacial score (nSPS) is 17.6. The lowest BCUT2D eigenvalue weighted by molar-refractivity contribution is 0.0655. The number of sulfonamides is 1. The van der Waals surface area contributed by atoms with Gasteiger partial charge in [0.05, 0.1) is 4.90 Å². The average molecular weight is 388 g/mol. The van der Waals surface area contributed by atoms with Crippen LogP contribution in [0, 0.1) is 13.8 Å². The van der Waals surface area contributed by atoms with Crippen LogP contribution >= 0.6 is 0 Å². The van der Waals surface area contributed by atoms with Crippen molar-refractivity contribution in [2.75, 3.05) is 24.4 Å². The molecule has 2 aromatic rings. The van der Waals surface area contributed by atoms with Crippen LogP contribution in [0.4, 0.5) is 5.69 Å². The Hall–Kier alpha value is -2.38. The van der Waals surface area contributed by atoms with E-state index < -0.39 is 10.0 Å². The van der Waals surface area contributed by atoms with Crippen molar-refractivity contribution in [2.24, 2.45) is 0 Å². The maximum Gasteiger partial charge on any atom is 0.262 e. The van der Waals surface area contributed by atoms with Crippen LogP contribution in [0.2, 0.25) is 0 Å². The van der Waals surface area contributed by atoms with E-state index in [1.807, 2.05) is 19.9 Å². The molecule has 27 heavy (non-hydrogen) atoms. The number of hydrogen-bond donors (Lipinski definition) is 2. The van der Waals surface area contributed by atoms with E-state index in [1.165, 1.54) is 6.07 Å². The quantitative estimate of drug-likeness (QED) is 0.845. The minimum Gasteiger partial charge on any atom is -0.333 e. The van der Waals surface area contributed by atoms with Crippen LogP contribution in [0.5, 0.6) is 0 Å². The highest BCUT2D eigenvalue weighted by molar-refractivity contribution is 7.92. The lowest BCUT2D eigenvalue weighted by Gasteiger charge is -2.34. The van der Waals surface area contributed by atoms with Crippen molar-refractivity contribution in [3.63, 3.8) is 0 Å². The fourth-order valence-corrected chi connectivity index (χ4v) is 4.57. The van der Waals surface area contributed by atoms with Gasteiger partial charge in [0.15, 0.2) is 0 Å². The van der Waals surface area contributed by atoms with Crippen LogP contribution in [0.25, 0.3) is 0 Å². The monoisotopic (exact) mass is 387 g/mol. The summed E-state index contributed by atoms with van der Waals surface area (Å²) < 4.78 is 28.4. The maximum absolute atomic E-state index is 12.9. The summed E-state index contributed by atoms with van der Waals surface area (Å²) >= 11 is 0. The Bertz CT molecular complexity index is 957. The van der Waals surface area contributed by atoms with Crippen LogP contribution in [0.3, 0.4) is 0 Å². The van der Waals surface area contributed by atoms with E-state index in [4.69, 9.17) is 0 Å². The molecule has 0 aliphatic carbocycles. The standard InChI is InChI=1S/C20H25N3O3S/c1-14-5-4-6-18(11-14)22-27(25,26)19-12-17(8-7-15(19)2)20(24)23-10-9-21-13-16(23)3/h4-8,11-12,16,21-22H,9-10,13H2,1-3H3/t16-/m0/s1. The third kappa shape index (κ3) is 4.31. The summed E-state index contributed by atoms with van der Waals surface area (Å²) in [5, 5.41) is 3.25. The molecular weight excluding hydrogens is 362 g/mol. The van der Waals surface area contributed by atoms with Gasteiger partial charge in [0.1, 0.15) is 0 Å². The van der Waals surface area contributed by atoms with Gasteiger partial charge in [0.25, 0.3) is 15.9 Å². The zero-order chi connectivity index (χ0) is 19.6. The van der Waals surface area contributed by atoms with Crippen molar-refractivity contribution in [3.05, 3.63) is 59.2 Å². The molecule has 3 rings (SSSR count). The fourth-order valence-electron chi connectivity index (χ4n) is 3.25. The first-order valence-corrected chi connectivity index (χ1v) is 10.5. The molecule has 1 aliphatic heterocycles. The summed E-state index contributed by atoms with van der Waals surface area (Å²) in [4.78, 5) is 14.8. The molecule has 2 aromatic carbocycles. The first-order valence-electron chi connectivity index (χ1n) is 9.00. The van der Waals surface area contributed by atoms with Crippen molar-refractivity contribution in [2.45, 2.75) is 31.7 Å². The number of rotatable bonds is 4. The van der Waals surface area contributed by atoms with Gasteiger partial charge >= 0.3 is 0 Å². The van der Waals surface area contributed by atoms with Crippen LogP contribution in [0.1, 0.15) is 28.4 Å². The summed E-state index contributed by atoms with van der Waals surface area (Å²) in [7, 11) is -3.79. The largest absolute Gasteiger partial charge is 0.333 e. The molecule has 6 nitrogen and oxygen atoms in total.